The van der Waals surface area contributed by atoms with Crippen LogP contribution in [0, 0.1) is 0 Å². The molecular weight excluding hydrogens is 460 g/mol. The third kappa shape index (κ3) is 6.85. The van der Waals surface area contributed by atoms with Crippen LogP contribution in [-0.4, -0.2) is 37.2 Å². The molecule has 0 bridgehead atoms. The lowest BCUT2D eigenvalue weighted by Crippen LogP contribution is -2.23. The number of hydrogen-bond donors (Lipinski definition) is 0. The molecule has 3 rings (SSSR count). The average molecular weight is 489 g/mol. The predicted molar refractivity (Wildman–Crippen MR) is 130 cm³/mol. The van der Waals surface area contributed by atoms with Gasteiger partial charge in [0.25, 0.3) is 0 Å². The fourth-order valence-corrected chi connectivity index (χ4v) is 5.75. The Labute approximate surface area is 197 Å². The van der Waals surface area contributed by atoms with Crippen LogP contribution >= 0.6 is 11.3 Å². The first-order valence-corrected chi connectivity index (χ1v) is 13.4. The summed E-state index contributed by atoms with van der Waals surface area (Å²) in [5, 5.41) is 0. The quantitative estimate of drug-likeness (QED) is 0.427. The van der Waals surface area contributed by atoms with Crippen LogP contribution in [0.15, 0.2) is 53.5 Å². The Hall–Kier alpha value is -2.78. The van der Waals surface area contributed by atoms with Crippen LogP contribution in [-0.2, 0) is 36.5 Å². The minimum absolute atomic E-state index is 0.0761. The summed E-state index contributed by atoms with van der Waals surface area (Å²) >= 11 is 1.30. The number of carbonyl (C=O) groups excluding carboxylic acids is 2. The SMILES string of the molecule is CCOC(=O)Cn1c(=NC(=O)CCS(=O)(=O)Cc2ccccc2)sc2cc(C(C)C)ccc21. The van der Waals surface area contributed by atoms with Gasteiger partial charge in [-0.2, -0.15) is 4.99 Å². The van der Waals surface area contributed by atoms with E-state index in [1.54, 1.807) is 35.8 Å². The summed E-state index contributed by atoms with van der Waals surface area (Å²) < 4.78 is 32.5. The van der Waals surface area contributed by atoms with Gasteiger partial charge in [-0.05, 0) is 36.1 Å². The maximum atomic E-state index is 12.6. The van der Waals surface area contributed by atoms with Crippen molar-refractivity contribution < 1.29 is 22.7 Å². The molecule has 1 amide bonds. The maximum absolute atomic E-state index is 12.6. The highest BCUT2D eigenvalue weighted by Gasteiger charge is 2.16. The molecule has 0 saturated heterocycles. The number of sulfone groups is 1. The van der Waals surface area contributed by atoms with Crippen LogP contribution in [0.25, 0.3) is 10.2 Å². The third-order valence-corrected chi connectivity index (χ3v) is 7.68. The van der Waals surface area contributed by atoms with Crippen LogP contribution in [0.4, 0.5) is 0 Å². The number of benzene rings is 2. The lowest BCUT2D eigenvalue weighted by atomic mass is 10.0. The normalized spacial score (nSPS) is 12.4. The fourth-order valence-electron chi connectivity index (χ4n) is 3.33. The molecule has 0 fully saturated rings. The monoisotopic (exact) mass is 488 g/mol. The van der Waals surface area contributed by atoms with E-state index < -0.39 is 21.7 Å². The van der Waals surface area contributed by atoms with E-state index in [1.165, 1.54) is 11.3 Å². The van der Waals surface area contributed by atoms with Crippen molar-refractivity contribution in [3.8, 4) is 0 Å². The predicted octanol–water partition coefficient (Wildman–Crippen LogP) is 3.82. The molecule has 0 spiro atoms. The number of rotatable bonds is 9. The topological polar surface area (TPSA) is 94.8 Å². The third-order valence-electron chi connectivity index (χ3n) is 5.04. The molecule has 1 aromatic heterocycles. The van der Waals surface area contributed by atoms with Gasteiger partial charge in [0.15, 0.2) is 14.6 Å². The second-order valence-electron chi connectivity index (χ2n) is 7.99. The van der Waals surface area contributed by atoms with Crippen LogP contribution in [0.2, 0.25) is 0 Å². The minimum atomic E-state index is -3.46. The van der Waals surface area contributed by atoms with Gasteiger partial charge in [-0.1, -0.05) is 61.6 Å². The minimum Gasteiger partial charge on any atom is -0.465 e. The van der Waals surface area contributed by atoms with E-state index in [0.717, 1.165) is 15.8 Å². The van der Waals surface area contributed by atoms with Crippen molar-refractivity contribution in [3.05, 3.63) is 64.5 Å². The van der Waals surface area contributed by atoms with Gasteiger partial charge in [0.2, 0.25) is 5.91 Å². The first-order chi connectivity index (χ1) is 15.7. The van der Waals surface area contributed by atoms with Gasteiger partial charge >= 0.3 is 5.97 Å². The van der Waals surface area contributed by atoms with E-state index in [9.17, 15) is 18.0 Å². The van der Waals surface area contributed by atoms with E-state index in [2.05, 4.69) is 18.8 Å². The van der Waals surface area contributed by atoms with E-state index in [1.807, 2.05) is 24.3 Å². The molecule has 0 unspecified atom stereocenters. The number of aromatic nitrogens is 1. The van der Waals surface area contributed by atoms with E-state index in [-0.39, 0.29) is 31.1 Å². The highest BCUT2D eigenvalue weighted by Crippen LogP contribution is 2.23. The number of fused-ring (bicyclic) bond motifs is 1. The highest BCUT2D eigenvalue weighted by molar-refractivity contribution is 7.90. The van der Waals surface area contributed by atoms with Crippen molar-refractivity contribution in [2.45, 2.75) is 45.4 Å². The second kappa shape index (κ2) is 10.9. The summed E-state index contributed by atoms with van der Waals surface area (Å²) in [5.74, 6) is -1.05. The number of hydrogen-bond acceptors (Lipinski definition) is 6. The molecule has 0 aliphatic rings. The van der Waals surface area contributed by atoms with Crippen LogP contribution < -0.4 is 4.80 Å². The molecule has 0 atom stereocenters. The van der Waals surface area contributed by atoms with E-state index >= 15 is 0 Å². The first kappa shape index (κ1) is 24.9. The average Bonchev–Trinajstić information content (AvgIpc) is 3.09. The zero-order valence-electron chi connectivity index (χ0n) is 19.0. The summed E-state index contributed by atoms with van der Waals surface area (Å²) in [6.07, 6.45) is -0.222. The van der Waals surface area contributed by atoms with Gasteiger partial charge in [-0.3, -0.25) is 9.59 Å². The Kier molecular flexibility index (Phi) is 8.20. The molecule has 3 aromatic rings. The van der Waals surface area contributed by atoms with Crippen LogP contribution in [0.1, 0.15) is 44.2 Å². The number of esters is 1. The van der Waals surface area contributed by atoms with Crippen molar-refractivity contribution in [2.24, 2.45) is 4.99 Å². The van der Waals surface area contributed by atoms with Gasteiger partial charge in [0, 0.05) is 6.42 Å². The Morgan fingerprint density at radius 2 is 1.85 bits per heavy atom. The van der Waals surface area contributed by atoms with Crippen molar-refractivity contribution in [2.75, 3.05) is 12.4 Å². The molecule has 0 N–H and O–H groups in total. The summed E-state index contributed by atoms with van der Waals surface area (Å²) in [7, 11) is -3.46. The number of ether oxygens (including phenoxy) is 1. The second-order valence-corrected chi connectivity index (χ2v) is 11.2. The highest BCUT2D eigenvalue weighted by atomic mass is 32.2. The van der Waals surface area contributed by atoms with Crippen LogP contribution in [0.5, 0.6) is 0 Å². The first-order valence-electron chi connectivity index (χ1n) is 10.8. The molecule has 176 valence electrons. The number of nitrogens with zero attached hydrogens (tertiary/aromatic N) is 2. The van der Waals surface area contributed by atoms with Gasteiger partial charge in [0.05, 0.1) is 28.3 Å². The van der Waals surface area contributed by atoms with Gasteiger partial charge in [-0.15, -0.1) is 0 Å². The lowest BCUT2D eigenvalue weighted by Gasteiger charge is -2.07. The molecule has 7 nitrogen and oxygen atoms in total. The molecule has 9 heteroatoms. The van der Waals surface area contributed by atoms with E-state index in [4.69, 9.17) is 4.74 Å². The zero-order valence-corrected chi connectivity index (χ0v) is 20.6. The van der Waals surface area contributed by atoms with Gasteiger partial charge in [0.1, 0.15) is 6.54 Å². The maximum Gasteiger partial charge on any atom is 0.326 e. The molecule has 0 saturated carbocycles. The molecule has 0 aliphatic carbocycles. The molecule has 33 heavy (non-hydrogen) atoms. The van der Waals surface area contributed by atoms with Gasteiger partial charge < -0.3 is 9.30 Å². The molecule has 1 heterocycles. The molecule has 0 radical (unpaired) electrons. The Morgan fingerprint density at radius 3 is 2.52 bits per heavy atom. The number of carbonyl (C=O) groups is 2. The standard InChI is InChI=1S/C24H28N2O5S2/c1-4-31-23(28)15-26-20-11-10-19(17(2)3)14-21(20)32-24(26)25-22(27)12-13-33(29,30)16-18-8-6-5-7-9-18/h5-11,14,17H,4,12-13,15-16H2,1-3H3. The van der Waals surface area contributed by atoms with Gasteiger partial charge in [-0.25, -0.2) is 8.42 Å². The van der Waals surface area contributed by atoms with Crippen molar-refractivity contribution in [1.29, 1.82) is 0 Å². The molecule has 0 aliphatic heterocycles. The summed E-state index contributed by atoms with van der Waals surface area (Å²) in [6.45, 7) is 6.09. The number of thiazole rings is 1. The molecular formula is C24H28N2O5S2. The van der Waals surface area contributed by atoms with Crippen molar-refractivity contribution >= 4 is 43.3 Å². The van der Waals surface area contributed by atoms with E-state index in [0.29, 0.717) is 16.3 Å². The summed E-state index contributed by atoms with van der Waals surface area (Å²) in [5.41, 5.74) is 2.59. The van der Waals surface area contributed by atoms with Crippen molar-refractivity contribution in [1.82, 2.24) is 4.57 Å². The Morgan fingerprint density at radius 1 is 1.12 bits per heavy atom. The molecule has 2 aromatic carbocycles. The summed E-state index contributed by atoms with van der Waals surface area (Å²) in [4.78, 5) is 29.2. The lowest BCUT2D eigenvalue weighted by molar-refractivity contribution is -0.143. The number of amides is 1. The Bertz CT molecular complexity index is 1310. The fraction of sp³-hybridized carbons (Fsp3) is 0.375. The smallest absolute Gasteiger partial charge is 0.326 e. The zero-order chi connectivity index (χ0) is 24.0. The largest absolute Gasteiger partial charge is 0.465 e. The van der Waals surface area contributed by atoms with Crippen molar-refractivity contribution in [3.63, 3.8) is 0 Å². The Balaban J connectivity index is 1.86. The van der Waals surface area contributed by atoms with Crippen LogP contribution in [0.3, 0.4) is 0 Å². The summed E-state index contributed by atoms with van der Waals surface area (Å²) in [6, 6.07) is 14.8.